The fraction of sp³-hybridized carbons (Fsp3) is 0.455. The second-order valence-electron chi connectivity index (χ2n) is 4.50. The molecule has 0 atom stereocenters. The predicted octanol–water partition coefficient (Wildman–Crippen LogP) is 1.87. The van der Waals surface area contributed by atoms with Crippen LogP contribution < -0.4 is 0 Å². The molecule has 0 saturated carbocycles. The fourth-order valence-corrected chi connectivity index (χ4v) is 3.08. The maximum absolute atomic E-state index is 13.7. The summed E-state index contributed by atoms with van der Waals surface area (Å²) in [6, 6.07) is 3.77. The lowest BCUT2D eigenvalue weighted by atomic mass is 10.1. The molecule has 102 valence electrons. The van der Waals surface area contributed by atoms with Crippen LogP contribution in [0.4, 0.5) is 4.39 Å². The van der Waals surface area contributed by atoms with E-state index in [-0.39, 0.29) is 11.6 Å². The number of hydrogen-bond acceptors (Lipinski definition) is 3. The van der Waals surface area contributed by atoms with E-state index < -0.39 is 26.3 Å². The first-order chi connectivity index (χ1) is 8.14. The van der Waals surface area contributed by atoms with Gasteiger partial charge in [-0.25, -0.2) is 12.8 Å². The summed E-state index contributed by atoms with van der Waals surface area (Å²) >= 11 is 5.57. The molecule has 0 bridgehead atoms. The van der Waals surface area contributed by atoms with E-state index in [0.717, 1.165) is 10.4 Å². The van der Waals surface area contributed by atoms with E-state index in [4.69, 9.17) is 11.6 Å². The van der Waals surface area contributed by atoms with Gasteiger partial charge in [-0.2, -0.15) is 4.31 Å². The van der Waals surface area contributed by atoms with Gasteiger partial charge in [0.05, 0.1) is 17.2 Å². The average molecular weight is 296 g/mol. The molecule has 7 heteroatoms. The SMILES string of the molecule is CN(C(C)(C)CO)S(=O)(=O)c1cccc(Cl)c1F. The van der Waals surface area contributed by atoms with Crippen LogP contribution in [-0.2, 0) is 10.0 Å². The normalized spacial score (nSPS) is 13.1. The van der Waals surface area contributed by atoms with Crippen LogP contribution in [0.25, 0.3) is 0 Å². The average Bonchev–Trinajstić information content (AvgIpc) is 2.31. The molecule has 0 aliphatic rings. The molecule has 0 radical (unpaired) electrons. The van der Waals surface area contributed by atoms with Gasteiger partial charge in [-0.15, -0.1) is 0 Å². The third-order valence-corrected chi connectivity index (χ3v) is 5.17. The molecule has 1 N–H and O–H groups in total. The third kappa shape index (κ3) is 2.66. The van der Waals surface area contributed by atoms with E-state index in [9.17, 15) is 17.9 Å². The smallest absolute Gasteiger partial charge is 0.246 e. The van der Waals surface area contributed by atoms with Crippen molar-refractivity contribution in [2.75, 3.05) is 13.7 Å². The van der Waals surface area contributed by atoms with Crippen LogP contribution in [0.2, 0.25) is 5.02 Å². The van der Waals surface area contributed by atoms with E-state index in [1.54, 1.807) is 0 Å². The maximum atomic E-state index is 13.7. The van der Waals surface area contributed by atoms with Crippen molar-refractivity contribution < 1.29 is 17.9 Å². The molecule has 0 unspecified atom stereocenters. The summed E-state index contributed by atoms with van der Waals surface area (Å²) in [6.07, 6.45) is 0. The molecule has 1 aromatic carbocycles. The summed E-state index contributed by atoms with van der Waals surface area (Å²) in [6.45, 7) is 2.69. The first-order valence-electron chi connectivity index (χ1n) is 5.18. The highest BCUT2D eigenvalue weighted by molar-refractivity contribution is 7.89. The van der Waals surface area contributed by atoms with Crippen molar-refractivity contribution in [2.24, 2.45) is 0 Å². The molecule has 0 saturated heterocycles. The van der Waals surface area contributed by atoms with Gasteiger partial charge < -0.3 is 5.11 Å². The Labute approximate surface area is 111 Å². The molecule has 0 fully saturated rings. The van der Waals surface area contributed by atoms with E-state index >= 15 is 0 Å². The van der Waals surface area contributed by atoms with Crippen molar-refractivity contribution in [3.8, 4) is 0 Å². The van der Waals surface area contributed by atoms with Crippen LogP contribution in [0.1, 0.15) is 13.8 Å². The Bertz CT molecular complexity index is 545. The van der Waals surface area contributed by atoms with Gasteiger partial charge in [0.2, 0.25) is 10.0 Å². The summed E-state index contributed by atoms with van der Waals surface area (Å²) in [4.78, 5) is -0.501. The van der Waals surface area contributed by atoms with Crippen molar-refractivity contribution in [3.63, 3.8) is 0 Å². The summed E-state index contributed by atoms with van der Waals surface area (Å²) in [5.41, 5.74) is -1.03. The topological polar surface area (TPSA) is 57.6 Å². The number of benzene rings is 1. The molecule has 0 spiro atoms. The Balaban J connectivity index is 3.35. The van der Waals surface area contributed by atoms with Gasteiger partial charge in [0.25, 0.3) is 0 Å². The number of nitrogens with zero attached hydrogens (tertiary/aromatic N) is 1. The lowest BCUT2D eigenvalue weighted by Gasteiger charge is -2.32. The lowest BCUT2D eigenvalue weighted by molar-refractivity contribution is 0.137. The first-order valence-corrected chi connectivity index (χ1v) is 7.00. The quantitative estimate of drug-likeness (QED) is 0.922. The van der Waals surface area contributed by atoms with E-state index in [1.165, 1.54) is 33.0 Å². The van der Waals surface area contributed by atoms with Crippen LogP contribution >= 0.6 is 11.6 Å². The summed E-state index contributed by atoms with van der Waals surface area (Å²) in [7, 11) is -2.76. The van der Waals surface area contributed by atoms with Crippen molar-refractivity contribution in [1.29, 1.82) is 0 Å². The number of sulfonamides is 1. The molecule has 0 aliphatic heterocycles. The van der Waals surface area contributed by atoms with Crippen LogP contribution in [0.15, 0.2) is 23.1 Å². The van der Waals surface area contributed by atoms with Crippen LogP contribution in [0.5, 0.6) is 0 Å². The van der Waals surface area contributed by atoms with Gasteiger partial charge in [0, 0.05) is 7.05 Å². The maximum Gasteiger partial charge on any atom is 0.246 e. The molecule has 1 rings (SSSR count). The number of aliphatic hydroxyl groups excluding tert-OH is 1. The first kappa shape index (κ1) is 15.4. The Morgan fingerprint density at radius 2 is 2.00 bits per heavy atom. The highest BCUT2D eigenvalue weighted by atomic mass is 35.5. The van der Waals surface area contributed by atoms with E-state index in [1.807, 2.05) is 0 Å². The van der Waals surface area contributed by atoms with Gasteiger partial charge in [-0.3, -0.25) is 0 Å². The van der Waals surface area contributed by atoms with Crippen molar-refractivity contribution >= 4 is 21.6 Å². The number of halogens is 2. The Hall–Kier alpha value is -0.690. The van der Waals surface area contributed by atoms with Gasteiger partial charge in [0.1, 0.15) is 4.90 Å². The summed E-state index contributed by atoms with van der Waals surface area (Å²) in [5.74, 6) is -0.986. The molecule has 4 nitrogen and oxygen atoms in total. The van der Waals surface area contributed by atoms with Gasteiger partial charge >= 0.3 is 0 Å². The van der Waals surface area contributed by atoms with Crippen LogP contribution in [0, 0.1) is 5.82 Å². The minimum atomic E-state index is -4.05. The summed E-state index contributed by atoms with van der Waals surface area (Å²) < 4.78 is 39.1. The Morgan fingerprint density at radius 3 is 2.50 bits per heavy atom. The fourth-order valence-electron chi connectivity index (χ4n) is 1.26. The number of hydrogen-bond donors (Lipinski definition) is 1. The zero-order chi connectivity index (χ0) is 14.1. The molecular formula is C11H15ClFNO3S. The zero-order valence-electron chi connectivity index (χ0n) is 10.3. The van der Waals surface area contributed by atoms with Crippen molar-refractivity contribution in [3.05, 3.63) is 29.0 Å². The molecule has 0 aromatic heterocycles. The van der Waals surface area contributed by atoms with Crippen LogP contribution in [-0.4, -0.2) is 37.0 Å². The van der Waals surface area contributed by atoms with Crippen LogP contribution in [0.3, 0.4) is 0 Å². The Kier molecular flexibility index (Phi) is 4.38. The minimum Gasteiger partial charge on any atom is -0.394 e. The van der Waals surface area contributed by atoms with Gasteiger partial charge in [0.15, 0.2) is 5.82 Å². The molecule has 1 aromatic rings. The van der Waals surface area contributed by atoms with Crippen molar-refractivity contribution in [2.45, 2.75) is 24.3 Å². The Morgan fingerprint density at radius 1 is 1.44 bits per heavy atom. The predicted molar refractivity (Wildman–Crippen MR) is 67.5 cm³/mol. The third-order valence-electron chi connectivity index (χ3n) is 2.79. The monoisotopic (exact) mass is 295 g/mol. The molecule has 0 aliphatic carbocycles. The number of rotatable bonds is 4. The second-order valence-corrected chi connectivity index (χ2v) is 6.84. The zero-order valence-corrected chi connectivity index (χ0v) is 11.9. The van der Waals surface area contributed by atoms with Crippen molar-refractivity contribution in [1.82, 2.24) is 4.31 Å². The summed E-state index contributed by atoms with van der Waals surface area (Å²) in [5, 5.41) is 8.91. The highest BCUT2D eigenvalue weighted by Crippen LogP contribution is 2.27. The number of aliphatic hydroxyl groups is 1. The van der Waals surface area contributed by atoms with E-state index in [0.29, 0.717) is 0 Å². The standard InChI is InChI=1S/C11H15ClFNO3S/c1-11(2,7-15)14(3)18(16,17)9-6-4-5-8(12)10(9)13/h4-6,15H,7H2,1-3H3. The lowest BCUT2D eigenvalue weighted by Crippen LogP contribution is -2.47. The molecule has 18 heavy (non-hydrogen) atoms. The molecule has 0 heterocycles. The minimum absolute atomic E-state index is 0.258. The molecular weight excluding hydrogens is 281 g/mol. The highest BCUT2D eigenvalue weighted by Gasteiger charge is 2.35. The van der Waals surface area contributed by atoms with Gasteiger partial charge in [-0.1, -0.05) is 17.7 Å². The molecule has 0 amide bonds. The number of likely N-dealkylation sites (N-methyl/N-ethyl adjacent to an activating group) is 1. The van der Waals surface area contributed by atoms with Gasteiger partial charge in [-0.05, 0) is 26.0 Å². The second kappa shape index (κ2) is 5.13. The largest absolute Gasteiger partial charge is 0.394 e. The van der Waals surface area contributed by atoms with E-state index in [2.05, 4.69) is 0 Å².